The molecular formula is C15H26BrClN4. The van der Waals surface area contributed by atoms with Crippen LogP contribution >= 0.6 is 27.5 Å². The molecule has 0 saturated carbocycles. The van der Waals surface area contributed by atoms with Crippen LogP contribution in [0.5, 0.6) is 0 Å². The highest BCUT2D eigenvalue weighted by atomic mass is 79.9. The number of aromatic nitrogens is 2. The molecule has 21 heavy (non-hydrogen) atoms. The zero-order valence-electron chi connectivity index (χ0n) is 13.1. The molecule has 6 heteroatoms. The van der Waals surface area contributed by atoms with Crippen LogP contribution in [0.1, 0.15) is 31.7 Å². The molecule has 1 aromatic rings. The third-order valence-electron chi connectivity index (χ3n) is 4.15. The summed E-state index contributed by atoms with van der Waals surface area (Å²) in [6.07, 6.45) is 2.19. The summed E-state index contributed by atoms with van der Waals surface area (Å²) in [7, 11) is 0. The van der Waals surface area contributed by atoms with Crippen molar-refractivity contribution in [3.63, 3.8) is 0 Å². The number of nitrogens with zero attached hydrogens (tertiary/aromatic N) is 4. The number of hydrogen-bond acceptors (Lipinski definition) is 3. The van der Waals surface area contributed by atoms with Gasteiger partial charge in [-0.2, -0.15) is 5.10 Å². The van der Waals surface area contributed by atoms with Crippen molar-refractivity contribution in [3.8, 4) is 0 Å². The van der Waals surface area contributed by atoms with Crippen molar-refractivity contribution in [2.75, 3.05) is 38.6 Å². The van der Waals surface area contributed by atoms with Gasteiger partial charge in [-0.25, -0.2) is 0 Å². The number of aryl methyl sites for hydroxylation is 2. The van der Waals surface area contributed by atoms with Crippen molar-refractivity contribution in [3.05, 3.63) is 15.9 Å². The van der Waals surface area contributed by atoms with Crippen molar-refractivity contribution in [1.82, 2.24) is 19.6 Å². The highest BCUT2D eigenvalue weighted by Crippen LogP contribution is 2.24. The van der Waals surface area contributed by atoms with Gasteiger partial charge in [0.15, 0.2) is 0 Å². The zero-order valence-corrected chi connectivity index (χ0v) is 15.5. The van der Waals surface area contributed by atoms with Crippen molar-refractivity contribution in [2.45, 2.75) is 39.8 Å². The van der Waals surface area contributed by atoms with Crippen LogP contribution in [-0.2, 0) is 19.5 Å². The smallest absolute Gasteiger partial charge is 0.0767 e. The second kappa shape index (κ2) is 8.51. The second-order valence-corrected chi connectivity index (χ2v) is 6.71. The molecule has 1 aromatic heterocycles. The minimum atomic E-state index is 0.730. The summed E-state index contributed by atoms with van der Waals surface area (Å²) in [5.41, 5.74) is 2.49. The summed E-state index contributed by atoms with van der Waals surface area (Å²) in [6.45, 7) is 11.8. The van der Waals surface area contributed by atoms with E-state index in [2.05, 4.69) is 44.3 Å². The summed E-state index contributed by atoms with van der Waals surface area (Å²) in [4.78, 5) is 5.01. The third kappa shape index (κ3) is 4.44. The fourth-order valence-electron chi connectivity index (χ4n) is 2.91. The Morgan fingerprint density at radius 1 is 1.14 bits per heavy atom. The van der Waals surface area contributed by atoms with Crippen LogP contribution in [0.2, 0.25) is 0 Å². The lowest BCUT2D eigenvalue weighted by molar-refractivity contribution is 0.252. The highest BCUT2D eigenvalue weighted by molar-refractivity contribution is 9.10. The first-order chi connectivity index (χ1) is 10.2. The van der Waals surface area contributed by atoms with E-state index in [1.165, 1.54) is 22.3 Å². The van der Waals surface area contributed by atoms with Crippen LogP contribution in [-0.4, -0.2) is 58.2 Å². The van der Waals surface area contributed by atoms with E-state index < -0.39 is 0 Å². The van der Waals surface area contributed by atoms with Gasteiger partial charge in [0.25, 0.3) is 0 Å². The molecule has 0 amide bonds. The summed E-state index contributed by atoms with van der Waals surface area (Å²) < 4.78 is 3.35. The molecule has 0 aliphatic carbocycles. The molecule has 120 valence electrons. The molecule has 0 aromatic carbocycles. The summed E-state index contributed by atoms with van der Waals surface area (Å²) >= 11 is 9.61. The van der Waals surface area contributed by atoms with E-state index in [0.29, 0.717) is 0 Å². The van der Waals surface area contributed by atoms with Crippen LogP contribution in [0.4, 0.5) is 0 Å². The summed E-state index contributed by atoms with van der Waals surface area (Å²) in [6, 6.07) is 0. The maximum Gasteiger partial charge on any atom is 0.0767 e. The number of hydrogen-bond donors (Lipinski definition) is 0. The second-order valence-electron chi connectivity index (χ2n) is 5.54. The predicted molar refractivity (Wildman–Crippen MR) is 92.0 cm³/mol. The number of halogens is 2. The molecular weight excluding hydrogens is 352 g/mol. The van der Waals surface area contributed by atoms with Crippen LogP contribution in [0.15, 0.2) is 4.47 Å². The Bertz CT molecular complexity index is 449. The molecule has 0 unspecified atom stereocenters. The average Bonchev–Trinajstić information content (AvgIpc) is 2.64. The standard InChI is InChI=1S/C15H26BrClN4/c1-3-13-15(16)14(21(4-2)18-13)12-20-8-5-7-19(9-6-17)10-11-20/h3-12H2,1-2H3. The Hall–Kier alpha value is -0.100. The Balaban J connectivity index is 2.03. The van der Waals surface area contributed by atoms with Gasteiger partial charge in [0, 0.05) is 38.6 Å². The van der Waals surface area contributed by atoms with Gasteiger partial charge in [-0.05, 0) is 48.8 Å². The molecule has 1 saturated heterocycles. The summed E-state index contributed by atoms with van der Waals surface area (Å²) in [5, 5.41) is 4.70. The van der Waals surface area contributed by atoms with Gasteiger partial charge >= 0.3 is 0 Å². The van der Waals surface area contributed by atoms with E-state index in [1.807, 2.05) is 0 Å². The van der Waals surface area contributed by atoms with Gasteiger partial charge in [-0.1, -0.05) is 6.92 Å². The van der Waals surface area contributed by atoms with Crippen molar-refractivity contribution in [1.29, 1.82) is 0 Å². The Kier molecular flexibility index (Phi) is 6.99. The van der Waals surface area contributed by atoms with Crippen molar-refractivity contribution >= 4 is 27.5 Å². The molecule has 0 radical (unpaired) electrons. The van der Waals surface area contributed by atoms with Gasteiger partial charge in [0.2, 0.25) is 0 Å². The molecule has 1 aliphatic rings. The molecule has 0 spiro atoms. The average molecular weight is 378 g/mol. The molecule has 0 N–H and O–H groups in total. The minimum Gasteiger partial charge on any atom is -0.301 e. The van der Waals surface area contributed by atoms with E-state index in [4.69, 9.17) is 16.7 Å². The van der Waals surface area contributed by atoms with E-state index in [1.54, 1.807) is 0 Å². The lowest BCUT2D eigenvalue weighted by Crippen LogP contribution is -2.32. The maximum atomic E-state index is 5.86. The molecule has 4 nitrogen and oxygen atoms in total. The Labute approximate surface area is 141 Å². The van der Waals surface area contributed by atoms with Gasteiger partial charge in [-0.15, -0.1) is 11.6 Å². The van der Waals surface area contributed by atoms with E-state index in [0.717, 1.165) is 58.1 Å². The maximum absolute atomic E-state index is 5.86. The van der Waals surface area contributed by atoms with Gasteiger partial charge in [0.05, 0.1) is 15.9 Å². The summed E-state index contributed by atoms with van der Waals surface area (Å²) in [5.74, 6) is 0.730. The molecule has 0 bridgehead atoms. The van der Waals surface area contributed by atoms with Crippen LogP contribution < -0.4 is 0 Å². The van der Waals surface area contributed by atoms with Crippen LogP contribution in [0.3, 0.4) is 0 Å². The third-order valence-corrected chi connectivity index (χ3v) is 5.23. The zero-order chi connectivity index (χ0) is 15.2. The van der Waals surface area contributed by atoms with Crippen molar-refractivity contribution < 1.29 is 0 Å². The Morgan fingerprint density at radius 2 is 1.86 bits per heavy atom. The SMILES string of the molecule is CCc1nn(CC)c(CN2CCCN(CCCl)CC2)c1Br. The first kappa shape index (κ1) is 17.3. The lowest BCUT2D eigenvalue weighted by Gasteiger charge is -2.21. The number of rotatable bonds is 6. The van der Waals surface area contributed by atoms with Crippen LogP contribution in [0, 0.1) is 0 Å². The number of alkyl halides is 1. The van der Waals surface area contributed by atoms with E-state index >= 15 is 0 Å². The van der Waals surface area contributed by atoms with E-state index in [9.17, 15) is 0 Å². The molecule has 2 heterocycles. The van der Waals surface area contributed by atoms with Gasteiger partial charge in [0.1, 0.15) is 0 Å². The predicted octanol–water partition coefficient (Wildman–Crippen LogP) is 2.97. The Morgan fingerprint density at radius 3 is 2.52 bits per heavy atom. The first-order valence-corrected chi connectivity index (χ1v) is 9.27. The largest absolute Gasteiger partial charge is 0.301 e. The normalized spacial score (nSPS) is 18.1. The first-order valence-electron chi connectivity index (χ1n) is 7.94. The quantitative estimate of drug-likeness (QED) is 0.712. The molecule has 1 aliphatic heterocycles. The highest BCUT2D eigenvalue weighted by Gasteiger charge is 2.19. The molecule has 2 rings (SSSR count). The topological polar surface area (TPSA) is 24.3 Å². The fraction of sp³-hybridized carbons (Fsp3) is 0.800. The van der Waals surface area contributed by atoms with Gasteiger partial charge < -0.3 is 4.90 Å². The lowest BCUT2D eigenvalue weighted by atomic mass is 10.3. The van der Waals surface area contributed by atoms with Crippen LogP contribution in [0.25, 0.3) is 0 Å². The molecule has 1 fully saturated rings. The van der Waals surface area contributed by atoms with E-state index in [-0.39, 0.29) is 0 Å². The van der Waals surface area contributed by atoms with Crippen molar-refractivity contribution in [2.24, 2.45) is 0 Å². The monoisotopic (exact) mass is 376 g/mol. The minimum absolute atomic E-state index is 0.730. The fourth-order valence-corrected chi connectivity index (χ4v) is 3.83. The van der Waals surface area contributed by atoms with Gasteiger partial charge in [-0.3, -0.25) is 9.58 Å². The molecule has 0 atom stereocenters.